The molecule has 0 aliphatic carbocycles. The summed E-state index contributed by atoms with van der Waals surface area (Å²) >= 11 is 3.39. The molecule has 2 aromatic rings. The lowest BCUT2D eigenvalue weighted by Gasteiger charge is -2.19. The predicted octanol–water partition coefficient (Wildman–Crippen LogP) is 3.29. The van der Waals surface area contributed by atoms with Crippen LogP contribution in [-0.2, 0) is 16.6 Å². The first kappa shape index (κ1) is 17.8. The van der Waals surface area contributed by atoms with E-state index < -0.39 is 10.0 Å². The van der Waals surface area contributed by atoms with Crippen LogP contribution in [-0.4, -0.2) is 34.0 Å². The Hall–Kier alpha value is -1.57. The summed E-state index contributed by atoms with van der Waals surface area (Å²) in [6.45, 7) is 0.205. The molecule has 23 heavy (non-hydrogen) atoms. The normalized spacial score (nSPS) is 11.5. The van der Waals surface area contributed by atoms with Gasteiger partial charge in [-0.2, -0.15) is 4.31 Å². The smallest absolute Gasteiger partial charge is 0.243 e. The molecule has 2 aromatic carbocycles. The van der Waals surface area contributed by atoms with Crippen molar-refractivity contribution in [3.8, 4) is 11.5 Å². The molecule has 5 nitrogen and oxygen atoms in total. The fourth-order valence-corrected chi connectivity index (χ4v) is 3.68. The number of halogens is 1. The molecule has 0 saturated carbocycles. The van der Waals surface area contributed by atoms with Gasteiger partial charge in [-0.15, -0.1) is 0 Å². The minimum Gasteiger partial charge on any atom is -0.497 e. The fraction of sp³-hybridized carbons (Fsp3) is 0.250. The molecule has 0 heterocycles. The van der Waals surface area contributed by atoms with E-state index in [1.165, 1.54) is 23.5 Å². The number of nitrogens with zero attached hydrogens (tertiary/aromatic N) is 1. The average Bonchev–Trinajstić information content (AvgIpc) is 2.55. The lowest BCUT2D eigenvalue weighted by Crippen LogP contribution is -2.26. The minimum atomic E-state index is -3.59. The molecule has 0 N–H and O–H groups in total. The van der Waals surface area contributed by atoms with Crippen molar-refractivity contribution in [3.05, 3.63) is 52.5 Å². The van der Waals surface area contributed by atoms with E-state index in [1.807, 2.05) is 12.1 Å². The number of hydrogen-bond donors (Lipinski definition) is 0. The van der Waals surface area contributed by atoms with E-state index in [-0.39, 0.29) is 11.4 Å². The Morgan fingerprint density at radius 1 is 1.04 bits per heavy atom. The van der Waals surface area contributed by atoms with Crippen molar-refractivity contribution >= 4 is 26.0 Å². The zero-order chi connectivity index (χ0) is 17.0. The molecule has 0 aliphatic heterocycles. The molecule has 7 heteroatoms. The Labute approximate surface area is 145 Å². The third-order valence-electron chi connectivity index (χ3n) is 3.40. The number of methoxy groups -OCH3 is 2. The van der Waals surface area contributed by atoms with Crippen molar-refractivity contribution in [3.63, 3.8) is 0 Å². The van der Waals surface area contributed by atoms with E-state index in [9.17, 15) is 8.42 Å². The molecule has 0 atom stereocenters. The van der Waals surface area contributed by atoms with Crippen LogP contribution < -0.4 is 9.47 Å². The first-order valence-corrected chi connectivity index (χ1v) is 9.04. The molecule has 0 fully saturated rings. The van der Waals surface area contributed by atoms with E-state index in [0.29, 0.717) is 11.5 Å². The van der Waals surface area contributed by atoms with Crippen molar-refractivity contribution in [2.45, 2.75) is 11.4 Å². The standard InChI is InChI=1S/C16H18BrNO4S/c1-18(11-12-10-13(17)4-9-16(12)22-3)23(19,20)15-7-5-14(21-2)6-8-15/h4-10H,11H2,1-3H3. The summed E-state index contributed by atoms with van der Waals surface area (Å²) in [5, 5.41) is 0. The van der Waals surface area contributed by atoms with Crippen LogP contribution in [0.3, 0.4) is 0 Å². The zero-order valence-corrected chi connectivity index (χ0v) is 15.5. The molecule has 0 amide bonds. The van der Waals surface area contributed by atoms with Crippen molar-refractivity contribution in [2.75, 3.05) is 21.3 Å². The lowest BCUT2D eigenvalue weighted by molar-refractivity contribution is 0.397. The van der Waals surface area contributed by atoms with Gasteiger partial charge in [-0.25, -0.2) is 8.42 Å². The molecule has 2 rings (SSSR count). The van der Waals surface area contributed by atoms with Gasteiger partial charge in [-0.05, 0) is 42.5 Å². The molecule has 0 unspecified atom stereocenters. The Kier molecular flexibility index (Phi) is 5.67. The van der Waals surface area contributed by atoms with Gasteiger partial charge in [0.25, 0.3) is 0 Å². The van der Waals surface area contributed by atoms with Gasteiger partial charge >= 0.3 is 0 Å². The van der Waals surface area contributed by atoms with Crippen LogP contribution in [0.5, 0.6) is 11.5 Å². The maximum Gasteiger partial charge on any atom is 0.243 e. The van der Waals surface area contributed by atoms with Gasteiger partial charge < -0.3 is 9.47 Å². The fourth-order valence-electron chi connectivity index (χ4n) is 2.12. The summed E-state index contributed by atoms with van der Waals surface area (Å²) in [5.74, 6) is 1.25. The van der Waals surface area contributed by atoms with E-state index in [0.717, 1.165) is 10.0 Å². The molecule has 124 valence electrons. The van der Waals surface area contributed by atoms with Gasteiger partial charge in [0.05, 0.1) is 19.1 Å². The van der Waals surface area contributed by atoms with Crippen LogP contribution in [0.2, 0.25) is 0 Å². The van der Waals surface area contributed by atoms with Crippen molar-refractivity contribution in [2.24, 2.45) is 0 Å². The van der Waals surface area contributed by atoms with Gasteiger partial charge in [-0.3, -0.25) is 0 Å². The molecule has 0 spiro atoms. The first-order chi connectivity index (χ1) is 10.9. The maximum atomic E-state index is 12.7. The van der Waals surface area contributed by atoms with Gasteiger partial charge in [0.1, 0.15) is 11.5 Å². The highest BCUT2D eigenvalue weighted by Crippen LogP contribution is 2.26. The second-order valence-corrected chi connectivity index (χ2v) is 7.85. The van der Waals surface area contributed by atoms with Gasteiger partial charge in [0.15, 0.2) is 0 Å². The summed E-state index contributed by atoms with van der Waals surface area (Å²) in [6.07, 6.45) is 0. The molecule has 0 bridgehead atoms. The topological polar surface area (TPSA) is 55.8 Å². The molecular formula is C16H18BrNO4S. The largest absolute Gasteiger partial charge is 0.497 e. The lowest BCUT2D eigenvalue weighted by atomic mass is 10.2. The molecule has 0 radical (unpaired) electrons. The Balaban J connectivity index is 2.28. The Morgan fingerprint density at radius 3 is 2.26 bits per heavy atom. The molecule has 0 saturated heterocycles. The van der Waals surface area contributed by atoms with Crippen LogP contribution in [0.25, 0.3) is 0 Å². The second-order valence-electron chi connectivity index (χ2n) is 4.89. The molecule has 0 aliphatic rings. The van der Waals surface area contributed by atoms with Crippen LogP contribution in [0.4, 0.5) is 0 Å². The summed E-state index contributed by atoms with van der Waals surface area (Å²) in [4.78, 5) is 0.217. The third-order valence-corrected chi connectivity index (χ3v) is 5.71. The Morgan fingerprint density at radius 2 is 1.70 bits per heavy atom. The Bertz CT molecular complexity index is 775. The molecule has 0 aromatic heterocycles. The van der Waals surface area contributed by atoms with E-state index in [2.05, 4.69) is 15.9 Å². The van der Waals surface area contributed by atoms with Gasteiger partial charge in [0, 0.05) is 23.6 Å². The first-order valence-electron chi connectivity index (χ1n) is 6.81. The van der Waals surface area contributed by atoms with Crippen LogP contribution in [0.1, 0.15) is 5.56 Å². The van der Waals surface area contributed by atoms with Crippen molar-refractivity contribution in [1.29, 1.82) is 0 Å². The highest BCUT2D eigenvalue weighted by atomic mass is 79.9. The van der Waals surface area contributed by atoms with E-state index in [4.69, 9.17) is 9.47 Å². The number of benzene rings is 2. The zero-order valence-electron chi connectivity index (χ0n) is 13.1. The molecular weight excluding hydrogens is 382 g/mol. The average molecular weight is 400 g/mol. The predicted molar refractivity (Wildman–Crippen MR) is 92.3 cm³/mol. The van der Waals surface area contributed by atoms with Gasteiger partial charge in [0.2, 0.25) is 10.0 Å². The quantitative estimate of drug-likeness (QED) is 0.747. The minimum absolute atomic E-state index is 0.205. The van der Waals surface area contributed by atoms with E-state index >= 15 is 0 Å². The number of rotatable bonds is 6. The summed E-state index contributed by atoms with van der Waals surface area (Å²) in [6, 6.07) is 11.8. The summed E-state index contributed by atoms with van der Waals surface area (Å²) in [5.41, 5.74) is 0.779. The van der Waals surface area contributed by atoms with Crippen LogP contribution in [0.15, 0.2) is 51.8 Å². The van der Waals surface area contributed by atoms with Crippen LogP contribution in [0, 0.1) is 0 Å². The third kappa shape index (κ3) is 4.04. The maximum absolute atomic E-state index is 12.7. The van der Waals surface area contributed by atoms with Crippen molar-refractivity contribution in [1.82, 2.24) is 4.31 Å². The van der Waals surface area contributed by atoms with E-state index in [1.54, 1.807) is 32.4 Å². The second kappa shape index (κ2) is 7.33. The summed E-state index contributed by atoms with van der Waals surface area (Å²) < 4.78 is 37.8. The number of hydrogen-bond acceptors (Lipinski definition) is 4. The van der Waals surface area contributed by atoms with Crippen molar-refractivity contribution < 1.29 is 17.9 Å². The highest BCUT2D eigenvalue weighted by Gasteiger charge is 2.22. The number of ether oxygens (including phenoxy) is 2. The SMILES string of the molecule is COc1ccc(S(=O)(=O)N(C)Cc2cc(Br)ccc2OC)cc1. The monoisotopic (exact) mass is 399 g/mol. The van der Waals surface area contributed by atoms with Gasteiger partial charge in [-0.1, -0.05) is 15.9 Å². The van der Waals surface area contributed by atoms with Crippen LogP contribution >= 0.6 is 15.9 Å². The highest BCUT2D eigenvalue weighted by molar-refractivity contribution is 9.10. The summed E-state index contributed by atoms with van der Waals surface area (Å²) in [7, 11) is 1.05. The number of sulfonamides is 1.